The molecule has 7 nitrogen and oxygen atoms in total. The zero-order valence-electron chi connectivity index (χ0n) is 18.3. The van der Waals surface area contributed by atoms with Crippen molar-refractivity contribution >= 4 is 17.7 Å². The third-order valence-electron chi connectivity index (χ3n) is 5.89. The summed E-state index contributed by atoms with van der Waals surface area (Å²) < 4.78 is 13.9. The molecule has 2 atom stereocenters. The molecule has 0 spiro atoms. The second kappa shape index (κ2) is 9.70. The van der Waals surface area contributed by atoms with Crippen molar-refractivity contribution in [2.45, 2.75) is 43.1 Å². The van der Waals surface area contributed by atoms with Gasteiger partial charge in [-0.1, -0.05) is 54.2 Å². The Bertz CT molecular complexity index is 1160. The lowest BCUT2D eigenvalue weighted by atomic mass is 9.88. The molecule has 170 valence electrons. The Morgan fingerprint density at radius 3 is 2.88 bits per heavy atom. The Kier molecular flexibility index (Phi) is 6.35. The quantitative estimate of drug-likeness (QED) is 0.418. The molecule has 1 N–H and O–H groups in total. The number of benzene rings is 2. The number of aryl methyl sites for hydroxylation is 1. The Hall–Kier alpha value is -3.26. The van der Waals surface area contributed by atoms with E-state index in [0.29, 0.717) is 29.9 Å². The summed E-state index contributed by atoms with van der Waals surface area (Å²) in [6.07, 6.45) is 4.52. The summed E-state index contributed by atoms with van der Waals surface area (Å²) in [5, 5.41) is 12.6. The fourth-order valence-electron chi connectivity index (χ4n) is 4.36. The first-order chi connectivity index (χ1) is 16.2. The van der Waals surface area contributed by atoms with Gasteiger partial charge >= 0.3 is 0 Å². The number of thioether (sulfide) groups is 1. The highest BCUT2D eigenvalue weighted by molar-refractivity contribution is 7.99. The summed E-state index contributed by atoms with van der Waals surface area (Å²) in [5.74, 6) is 2.32. The predicted molar refractivity (Wildman–Crippen MR) is 127 cm³/mol. The molecular weight excluding hydrogens is 436 g/mol. The van der Waals surface area contributed by atoms with E-state index in [1.807, 2.05) is 34.9 Å². The van der Waals surface area contributed by atoms with Gasteiger partial charge in [0.1, 0.15) is 6.61 Å². The number of amides is 1. The molecule has 0 unspecified atom stereocenters. The largest absolute Gasteiger partial charge is 0.485 e. The second-order valence-corrected chi connectivity index (χ2v) is 9.05. The molecule has 0 saturated heterocycles. The van der Waals surface area contributed by atoms with Gasteiger partial charge in [-0.25, -0.2) is 0 Å². The highest BCUT2D eigenvalue weighted by Gasteiger charge is 2.28. The summed E-state index contributed by atoms with van der Waals surface area (Å²) in [7, 11) is 0. The molecule has 3 aromatic rings. The molecule has 0 radical (unpaired) electrons. The van der Waals surface area contributed by atoms with Gasteiger partial charge in [-0.3, -0.25) is 9.36 Å². The number of para-hydroxylation sites is 2. The molecule has 1 aliphatic carbocycles. The number of allylic oxidation sites excluding steroid dienone is 1. The van der Waals surface area contributed by atoms with E-state index in [4.69, 9.17) is 9.47 Å². The number of aromatic nitrogens is 3. The first-order valence-electron chi connectivity index (χ1n) is 11.2. The van der Waals surface area contributed by atoms with Crippen LogP contribution in [0.3, 0.4) is 0 Å². The van der Waals surface area contributed by atoms with Crippen LogP contribution in [0.5, 0.6) is 11.5 Å². The molecule has 5 rings (SSSR count). The number of nitrogens with zero attached hydrogens (tertiary/aromatic N) is 3. The maximum atomic E-state index is 12.8. The number of hydrogen-bond acceptors (Lipinski definition) is 6. The van der Waals surface area contributed by atoms with Crippen molar-refractivity contribution in [3.63, 3.8) is 0 Å². The van der Waals surface area contributed by atoms with E-state index >= 15 is 0 Å². The Balaban J connectivity index is 1.25. The smallest absolute Gasteiger partial charge is 0.230 e. The van der Waals surface area contributed by atoms with Gasteiger partial charge in [0.25, 0.3) is 0 Å². The van der Waals surface area contributed by atoms with E-state index in [1.54, 1.807) is 6.08 Å². The van der Waals surface area contributed by atoms with Crippen molar-refractivity contribution in [1.29, 1.82) is 0 Å². The fraction of sp³-hybridized carbons (Fsp3) is 0.320. The standard InChI is InChI=1S/C25H26N4O3S/c1-2-14-29-24(22-15-31-20-12-5-6-13-21(20)32-22)27-28-25(29)33-16-23(30)26-19-11-7-9-17-8-3-4-10-18(17)19/h2-6,8,10,12-13,19,22H,1,7,9,11,14-16H2,(H,26,30)/t19-,22+/m0/s1. The average molecular weight is 463 g/mol. The topological polar surface area (TPSA) is 78.3 Å². The average Bonchev–Trinajstić information content (AvgIpc) is 3.25. The van der Waals surface area contributed by atoms with Crippen LogP contribution in [0.1, 0.15) is 41.9 Å². The van der Waals surface area contributed by atoms with Gasteiger partial charge in [0.15, 0.2) is 28.6 Å². The number of fused-ring (bicyclic) bond motifs is 2. The first kappa shape index (κ1) is 21.6. The minimum absolute atomic E-state index is 0.0115. The third-order valence-corrected chi connectivity index (χ3v) is 6.86. The maximum absolute atomic E-state index is 12.8. The van der Waals surface area contributed by atoms with Crippen LogP contribution in [0.4, 0.5) is 0 Å². The maximum Gasteiger partial charge on any atom is 0.230 e. The van der Waals surface area contributed by atoms with Crippen LogP contribution in [0.25, 0.3) is 0 Å². The Morgan fingerprint density at radius 1 is 1.18 bits per heavy atom. The lowest BCUT2D eigenvalue weighted by molar-refractivity contribution is -0.119. The van der Waals surface area contributed by atoms with E-state index in [0.717, 1.165) is 25.0 Å². The third kappa shape index (κ3) is 4.61. The molecule has 0 bridgehead atoms. The lowest BCUT2D eigenvalue weighted by Gasteiger charge is -2.26. The van der Waals surface area contributed by atoms with E-state index < -0.39 is 0 Å². The molecule has 2 aliphatic rings. The van der Waals surface area contributed by atoms with Gasteiger partial charge in [0, 0.05) is 6.54 Å². The predicted octanol–water partition coefficient (Wildman–Crippen LogP) is 4.26. The van der Waals surface area contributed by atoms with Gasteiger partial charge in [0.2, 0.25) is 5.91 Å². The zero-order valence-corrected chi connectivity index (χ0v) is 19.1. The second-order valence-electron chi connectivity index (χ2n) is 8.10. The van der Waals surface area contributed by atoms with Crippen LogP contribution in [0.2, 0.25) is 0 Å². The van der Waals surface area contributed by atoms with Gasteiger partial charge in [-0.15, -0.1) is 16.8 Å². The molecule has 1 amide bonds. The highest BCUT2D eigenvalue weighted by atomic mass is 32.2. The van der Waals surface area contributed by atoms with Crippen LogP contribution < -0.4 is 14.8 Å². The number of rotatable bonds is 7. The van der Waals surface area contributed by atoms with Gasteiger partial charge in [-0.05, 0) is 42.5 Å². The van der Waals surface area contributed by atoms with E-state index in [1.165, 1.54) is 22.9 Å². The summed E-state index contributed by atoms with van der Waals surface area (Å²) in [4.78, 5) is 12.8. The van der Waals surface area contributed by atoms with Crippen molar-refractivity contribution in [3.8, 4) is 11.5 Å². The number of hydrogen-bond donors (Lipinski definition) is 1. The lowest BCUT2D eigenvalue weighted by Crippen LogP contribution is -2.32. The minimum Gasteiger partial charge on any atom is -0.485 e. The van der Waals surface area contributed by atoms with Crippen molar-refractivity contribution in [2.75, 3.05) is 12.4 Å². The molecule has 33 heavy (non-hydrogen) atoms. The molecule has 2 aromatic carbocycles. The van der Waals surface area contributed by atoms with Crippen LogP contribution >= 0.6 is 11.8 Å². The van der Waals surface area contributed by atoms with Gasteiger partial charge in [0.05, 0.1) is 11.8 Å². The number of ether oxygens (including phenoxy) is 2. The van der Waals surface area contributed by atoms with Gasteiger partial charge in [-0.2, -0.15) is 0 Å². The molecule has 8 heteroatoms. The Labute approximate surface area is 197 Å². The Morgan fingerprint density at radius 2 is 2.00 bits per heavy atom. The fourth-order valence-corrected chi connectivity index (χ4v) is 5.13. The molecular formula is C25H26N4O3S. The molecule has 1 aliphatic heterocycles. The van der Waals surface area contributed by atoms with Crippen LogP contribution in [0, 0.1) is 0 Å². The van der Waals surface area contributed by atoms with Gasteiger partial charge < -0.3 is 14.8 Å². The van der Waals surface area contributed by atoms with E-state index in [2.05, 4.69) is 40.3 Å². The normalized spacial score (nSPS) is 18.9. The van der Waals surface area contributed by atoms with Crippen LogP contribution in [0.15, 0.2) is 66.3 Å². The summed E-state index contributed by atoms with van der Waals surface area (Å²) in [6.45, 7) is 4.72. The minimum atomic E-state index is -0.380. The summed E-state index contributed by atoms with van der Waals surface area (Å²) >= 11 is 1.37. The molecule has 2 heterocycles. The van der Waals surface area contributed by atoms with Crippen molar-refractivity contribution in [3.05, 3.63) is 78.1 Å². The zero-order chi connectivity index (χ0) is 22.6. The highest BCUT2D eigenvalue weighted by Crippen LogP contribution is 2.36. The number of carbonyl (C=O) groups is 1. The summed E-state index contributed by atoms with van der Waals surface area (Å²) in [6, 6.07) is 16.0. The number of nitrogens with one attached hydrogen (secondary N) is 1. The van der Waals surface area contributed by atoms with Crippen molar-refractivity contribution in [2.24, 2.45) is 0 Å². The van der Waals surface area contributed by atoms with E-state index in [9.17, 15) is 4.79 Å². The van der Waals surface area contributed by atoms with Crippen molar-refractivity contribution in [1.82, 2.24) is 20.1 Å². The van der Waals surface area contributed by atoms with E-state index in [-0.39, 0.29) is 23.8 Å². The number of carbonyl (C=O) groups excluding carboxylic acids is 1. The SMILES string of the molecule is C=CCn1c(SCC(=O)N[C@H]2CCCc3ccccc32)nnc1[C@H]1COc2ccccc2O1. The van der Waals surface area contributed by atoms with Crippen LogP contribution in [-0.2, 0) is 17.8 Å². The molecule has 0 fully saturated rings. The first-order valence-corrected chi connectivity index (χ1v) is 12.1. The van der Waals surface area contributed by atoms with Crippen molar-refractivity contribution < 1.29 is 14.3 Å². The molecule has 1 aromatic heterocycles. The van der Waals surface area contributed by atoms with Crippen LogP contribution in [-0.4, -0.2) is 33.0 Å². The monoisotopic (exact) mass is 462 g/mol. The summed E-state index contributed by atoms with van der Waals surface area (Å²) in [5.41, 5.74) is 2.56. The molecule has 0 saturated carbocycles.